The number of carbonyl (C=O) groups is 2. The quantitative estimate of drug-likeness (QED) is 0.516. The molecule has 0 bridgehead atoms. The van der Waals surface area contributed by atoms with Gasteiger partial charge in [0.05, 0.1) is 17.4 Å². The first-order valence-corrected chi connectivity index (χ1v) is 10.7. The topological polar surface area (TPSA) is 77.6 Å². The SMILES string of the molecule is O=C(Nc1ccc(C(F)(F)F)cc1)Nc1ccc(N2CCN(C(=O)c3ccc(F)cc3)CC2)nc1. The summed E-state index contributed by atoms with van der Waals surface area (Å²) in [7, 11) is 0. The molecule has 1 fully saturated rings. The zero-order valence-electron chi connectivity index (χ0n) is 18.3. The number of carbonyl (C=O) groups excluding carboxylic acids is 2. The van der Waals surface area contributed by atoms with Crippen molar-refractivity contribution in [1.29, 1.82) is 0 Å². The van der Waals surface area contributed by atoms with E-state index in [0.29, 0.717) is 43.2 Å². The van der Waals surface area contributed by atoms with Crippen molar-refractivity contribution in [1.82, 2.24) is 9.88 Å². The van der Waals surface area contributed by atoms with Crippen molar-refractivity contribution >= 4 is 29.1 Å². The van der Waals surface area contributed by atoms with Gasteiger partial charge in [-0.15, -0.1) is 0 Å². The van der Waals surface area contributed by atoms with Crippen LogP contribution < -0.4 is 15.5 Å². The molecule has 1 aliphatic rings. The number of nitrogens with one attached hydrogen (secondary N) is 2. The molecule has 0 radical (unpaired) electrons. The molecule has 3 aromatic rings. The van der Waals surface area contributed by atoms with Crippen LogP contribution in [0, 0.1) is 5.82 Å². The molecule has 7 nitrogen and oxygen atoms in total. The first-order chi connectivity index (χ1) is 16.7. The van der Waals surface area contributed by atoms with Gasteiger partial charge in [0.1, 0.15) is 11.6 Å². The number of rotatable bonds is 4. The van der Waals surface area contributed by atoms with Crippen LogP contribution in [0.5, 0.6) is 0 Å². The first-order valence-electron chi connectivity index (χ1n) is 10.7. The molecule has 2 N–H and O–H groups in total. The van der Waals surface area contributed by atoms with Crippen LogP contribution in [0.3, 0.4) is 0 Å². The summed E-state index contributed by atoms with van der Waals surface area (Å²) in [6, 6.07) is 12.3. The third-order valence-corrected chi connectivity index (χ3v) is 5.46. The van der Waals surface area contributed by atoms with E-state index >= 15 is 0 Å². The van der Waals surface area contributed by atoms with Crippen molar-refractivity contribution in [3.63, 3.8) is 0 Å². The normalized spacial score (nSPS) is 13.9. The van der Waals surface area contributed by atoms with Crippen LogP contribution >= 0.6 is 0 Å². The van der Waals surface area contributed by atoms with Crippen molar-refractivity contribution in [2.75, 3.05) is 41.7 Å². The van der Waals surface area contributed by atoms with Crippen LogP contribution in [0.15, 0.2) is 66.9 Å². The van der Waals surface area contributed by atoms with E-state index < -0.39 is 23.6 Å². The number of hydrogen-bond acceptors (Lipinski definition) is 4. The molecule has 0 saturated carbocycles. The Morgan fingerprint density at radius 2 is 1.40 bits per heavy atom. The minimum absolute atomic E-state index is 0.156. The number of alkyl halides is 3. The Kier molecular flexibility index (Phi) is 6.85. The predicted molar refractivity (Wildman–Crippen MR) is 123 cm³/mol. The highest BCUT2D eigenvalue weighted by Gasteiger charge is 2.30. The Morgan fingerprint density at radius 1 is 0.800 bits per heavy atom. The van der Waals surface area contributed by atoms with Gasteiger partial charge in [-0.1, -0.05) is 0 Å². The van der Waals surface area contributed by atoms with Crippen LogP contribution in [0.2, 0.25) is 0 Å². The molecule has 1 aromatic heterocycles. The second kappa shape index (κ2) is 10.00. The van der Waals surface area contributed by atoms with Gasteiger partial charge in [-0.05, 0) is 60.7 Å². The van der Waals surface area contributed by atoms with E-state index in [0.717, 1.165) is 12.1 Å². The van der Waals surface area contributed by atoms with Crippen LogP contribution in [-0.2, 0) is 6.18 Å². The molecule has 0 aliphatic carbocycles. The fraction of sp³-hybridized carbons (Fsp3) is 0.208. The monoisotopic (exact) mass is 487 g/mol. The maximum Gasteiger partial charge on any atom is 0.416 e. The molecule has 1 saturated heterocycles. The molecule has 182 valence electrons. The second-order valence-electron chi connectivity index (χ2n) is 7.85. The zero-order chi connectivity index (χ0) is 25.0. The van der Waals surface area contributed by atoms with E-state index in [1.54, 1.807) is 17.0 Å². The van der Waals surface area contributed by atoms with Crippen molar-refractivity contribution in [3.8, 4) is 0 Å². The van der Waals surface area contributed by atoms with Crippen molar-refractivity contribution in [2.24, 2.45) is 0 Å². The Bertz CT molecular complexity index is 1170. The molecule has 2 aromatic carbocycles. The second-order valence-corrected chi connectivity index (χ2v) is 7.85. The smallest absolute Gasteiger partial charge is 0.353 e. The first kappa shape index (κ1) is 24.0. The lowest BCUT2D eigenvalue weighted by Gasteiger charge is -2.35. The van der Waals surface area contributed by atoms with Gasteiger partial charge in [-0.25, -0.2) is 14.2 Å². The summed E-state index contributed by atoms with van der Waals surface area (Å²) in [5.74, 6) is 0.122. The highest BCUT2D eigenvalue weighted by Crippen LogP contribution is 2.29. The average Bonchev–Trinajstić information content (AvgIpc) is 2.84. The fourth-order valence-electron chi connectivity index (χ4n) is 3.60. The van der Waals surface area contributed by atoms with E-state index in [9.17, 15) is 27.2 Å². The molecular formula is C24H21F4N5O2. The van der Waals surface area contributed by atoms with Gasteiger partial charge >= 0.3 is 12.2 Å². The summed E-state index contributed by atoms with van der Waals surface area (Å²) in [4.78, 5) is 32.8. The lowest BCUT2D eigenvalue weighted by atomic mass is 10.2. The van der Waals surface area contributed by atoms with Gasteiger partial charge in [-0.2, -0.15) is 13.2 Å². The summed E-state index contributed by atoms with van der Waals surface area (Å²) in [6.07, 6.45) is -2.98. The van der Waals surface area contributed by atoms with Crippen molar-refractivity contribution in [3.05, 3.63) is 83.8 Å². The predicted octanol–water partition coefficient (Wildman–Crippen LogP) is 4.85. The lowest BCUT2D eigenvalue weighted by molar-refractivity contribution is -0.137. The number of halogens is 4. The van der Waals surface area contributed by atoms with Crippen LogP contribution in [0.1, 0.15) is 15.9 Å². The fourth-order valence-corrected chi connectivity index (χ4v) is 3.60. The number of pyridine rings is 1. The minimum atomic E-state index is -4.45. The summed E-state index contributed by atoms with van der Waals surface area (Å²) in [5, 5.41) is 5.04. The molecule has 11 heteroatoms. The zero-order valence-corrected chi connectivity index (χ0v) is 18.3. The van der Waals surface area contributed by atoms with E-state index in [2.05, 4.69) is 15.6 Å². The summed E-state index contributed by atoms with van der Waals surface area (Å²) >= 11 is 0. The average molecular weight is 487 g/mol. The van der Waals surface area contributed by atoms with Crippen LogP contribution in [0.25, 0.3) is 0 Å². The number of nitrogens with zero attached hydrogens (tertiary/aromatic N) is 3. The van der Waals surface area contributed by atoms with Gasteiger partial charge in [0.2, 0.25) is 0 Å². The molecule has 2 heterocycles. The molecular weight excluding hydrogens is 466 g/mol. The highest BCUT2D eigenvalue weighted by atomic mass is 19.4. The number of hydrogen-bond donors (Lipinski definition) is 2. The molecule has 35 heavy (non-hydrogen) atoms. The Labute approximate surface area is 198 Å². The molecule has 4 rings (SSSR count). The summed E-state index contributed by atoms with van der Waals surface area (Å²) in [6.45, 7) is 2.07. The standard InChI is InChI=1S/C24H21F4N5O2/c25-18-5-1-16(2-6-18)22(34)33-13-11-32(12-14-33)21-10-9-20(15-29-21)31-23(35)30-19-7-3-17(4-8-19)24(26,27)28/h1-10,15H,11-14H2,(H2,30,31,35). The molecule has 0 atom stereocenters. The molecule has 1 aliphatic heterocycles. The highest BCUT2D eigenvalue weighted by molar-refractivity contribution is 5.99. The molecule has 0 unspecified atom stereocenters. The van der Waals surface area contributed by atoms with Gasteiger partial charge in [0.25, 0.3) is 5.91 Å². The lowest BCUT2D eigenvalue weighted by Crippen LogP contribution is -2.49. The minimum Gasteiger partial charge on any atom is -0.353 e. The number of amides is 3. The number of aromatic nitrogens is 1. The Morgan fingerprint density at radius 3 is 1.97 bits per heavy atom. The number of benzene rings is 2. The molecule has 0 spiro atoms. The number of anilines is 3. The maximum absolute atomic E-state index is 13.1. The van der Waals surface area contributed by atoms with Gasteiger partial charge in [-0.3, -0.25) is 4.79 Å². The van der Waals surface area contributed by atoms with Gasteiger partial charge < -0.3 is 20.4 Å². The Hall–Kier alpha value is -4.15. The largest absolute Gasteiger partial charge is 0.416 e. The van der Waals surface area contributed by atoms with Gasteiger partial charge in [0, 0.05) is 37.4 Å². The van der Waals surface area contributed by atoms with E-state index in [-0.39, 0.29) is 11.6 Å². The summed E-state index contributed by atoms with van der Waals surface area (Å²) < 4.78 is 51.0. The van der Waals surface area contributed by atoms with Crippen LogP contribution in [0.4, 0.5) is 39.5 Å². The van der Waals surface area contributed by atoms with Crippen LogP contribution in [-0.4, -0.2) is 48.0 Å². The maximum atomic E-state index is 13.1. The van der Waals surface area contributed by atoms with Crippen molar-refractivity contribution < 1.29 is 27.2 Å². The summed E-state index contributed by atoms with van der Waals surface area (Å²) in [5.41, 5.74) is 0.253. The van der Waals surface area contributed by atoms with E-state index in [4.69, 9.17) is 0 Å². The van der Waals surface area contributed by atoms with E-state index in [1.807, 2.05) is 4.90 Å². The number of piperazine rings is 1. The Balaban J connectivity index is 1.28. The third kappa shape index (κ3) is 6.05. The van der Waals surface area contributed by atoms with Gasteiger partial charge in [0.15, 0.2) is 0 Å². The molecule has 3 amide bonds. The van der Waals surface area contributed by atoms with Crippen molar-refractivity contribution in [2.45, 2.75) is 6.18 Å². The number of urea groups is 1. The van der Waals surface area contributed by atoms with E-state index in [1.165, 1.54) is 42.6 Å². The third-order valence-electron chi connectivity index (χ3n) is 5.46.